The van der Waals surface area contributed by atoms with E-state index in [4.69, 9.17) is 5.11 Å². The maximum Gasteiger partial charge on any atom is 0.304 e. The molecule has 19 heavy (non-hydrogen) atoms. The predicted molar refractivity (Wildman–Crippen MR) is 63.4 cm³/mol. The number of halogens is 1. The van der Waals surface area contributed by atoms with E-state index < -0.39 is 21.8 Å². The lowest BCUT2D eigenvalue weighted by Gasteiger charge is -2.20. The molecule has 0 radical (unpaired) electrons. The van der Waals surface area contributed by atoms with Crippen molar-refractivity contribution in [2.45, 2.75) is 30.2 Å². The van der Waals surface area contributed by atoms with E-state index >= 15 is 0 Å². The third-order valence-electron chi connectivity index (χ3n) is 2.79. The molecule has 0 aromatic carbocycles. The molecule has 1 N–H and O–H groups in total. The number of rotatable bonds is 6. The molecule has 1 fully saturated rings. The third-order valence-corrected chi connectivity index (χ3v) is 4.70. The minimum Gasteiger partial charge on any atom is -0.481 e. The number of carboxylic acids is 1. The van der Waals surface area contributed by atoms with E-state index in [1.165, 1.54) is 0 Å². The average molecular weight is 288 g/mol. The Kier molecular flexibility index (Phi) is 3.81. The van der Waals surface area contributed by atoms with E-state index in [9.17, 15) is 17.6 Å². The van der Waals surface area contributed by atoms with Crippen LogP contribution in [0.3, 0.4) is 0 Å². The highest BCUT2D eigenvalue weighted by Gasteiger charge is 2.38. The second kappa shape index (κ2) is 5.22. The van der Waals surface area contributed by atoms with Gasteiger partial charge in [-0.05, 0) is 18.9 Å². The van der Waals surface area contributed by atoms with Crippen molar-refractivity contribution in [3.8, 4) is 0 Å². The van der Waals surface area contributed by atoms with Gasteiger partial charge < -0.3 is 5.11 Å². The molecule has 1 heterocycles. The second-order valence-corrected chi connectivity index (χ2v) is 6.22. The van der Waals surface area contributed by atoms with Gasteiger partial charge in [0.2, 0.25) is 10.0 Å². The van der Waals surface area contributed by atoms with E-state index in [0.717, 1.165) is 22.8 Å². The van der Waals surface area contributed by atoms with Crippen LogP contribution in [0.4, 0.5) is 4.39 Å². The number of aliphatic carboxylic acids is 1. The quantitative estimate of drug-likeness (QED) is 0.838. The number of hydrogen-bond acceptors (Lipinski definition) is 4. The summed E-state index contributed by atoms with van der Waals surface area (Å²) in [6, 6.07) is 0.700. The van der Waals surface area contributed by atoms with Crippen molar-refractivity contribution in [3.05, 3.63) is 24.3 Å². The maximum absolute atomic E-state index is 13.1. The lowest BCUT2D eigenvalue weighted by molar-refractivity contribution is -0.137. The number of aromatic nitrogens is 1. The highest BCUT2D eigenvalue weighted by molar-refractivity contribution is 7.89. The SMILES string of the molecule is O=C(O)CCN(C1CC1)S(=O)(=O)c1cncc(F)c1. The van der Waals surface area contributed by atoms with Crippen molar-refractivity contribution < 1.29 is 22.7 Å². The summed E-state index contributed by atoms with van der Waals surface area (Å²) in [4.78, 5) is 13.8. The van der Waals surface area contributed by atoms with Gasteiger partial charge in [0.05, 0.1) is 12.6 Å². The third kappa shape index (κ3) is 3.27. The van der Waals surface area contributed by atoms with E-state index in [1.807, 2.05) is 0 Å². The Hall–Kier alpha value is -1.54. The summed E-state index contributed by atoms with van der Waals surface area (Å²) in [6.07, 6.45) is 3.09. The first kappa shape index (κ1) is 13.9. The molecule has 6 nitrogen and oxygen atoms in total. The second-order valence-electron chi connectivity index (χ2n) is 4.33. The van der Waals surface area contributed by atoms with Crippen LogP contribution >= 0.6 is 0 Å². The minimum absolute atomic E-state index is 0.112. The lowest BCUT2D eigenvalue weighted by Crippen LogP contribution is -2.35. The van der Waals surface area contributed by atoms with E-state index in [0.29, 0.717) is 12.8 Å². The first-order valence-electron chi connectivity index (χ1n) is 5.75. The molecular weight excluding hydrogens is 275 g/mol. The van der Waals surface area contributed by atoms with Crippen molar-refractivity contribution in [2.75, 3.05) is 6.54 Å². The zero-order valence-corrected chi connectivity index (χ0v) is 10.8. The highest BCUT2D eigenvalue weighted by Crippen LogP contribution is 2.32. The smallest absolute Gasteiger partial charge is 0.304 e. The summed E-state index contributed by atoms with van der Waals surface area (Å²) in [5.74, 6) is -1.81. The number of nitrogens with zero attached hydrogens (tertiary/aromatic N) is 2. The number of carbonyl (C=O) groups is 1. The number of pyridine rings is 1. The van der Waals surface area contributed by atoms with Gasteiger partial charge in [0.25, 0.3) is 0 Å². The van der Waals surface area contributed by atoms with Crippen LogP contribution in [0.15, 0.2) is 23.4 Å². The fourth-order valence-corrected chi connectivity index (χ4v) is 3.40. The van der Waals surface area contributed by atoms with Gasteiger partial charge in [-0.25, -0.2) is 12.8 Å². The molecular formula is C11H13FN2O4S. The zero-order chi connectivity index (χ0) is 14.0. The van der Waals surface area contributed by atoms with Crippen LogP contribution in [-0.2, 0) is 14.8 Å². The topological polar surface area (TPSA) is 87.6 Å². The summed E-state index contributed by atoms with van der Waals surface area (Å²) in [5, 5.41) is 8.65. The molecule has 0 saturated heterocycles. The molecule has 0 amide bonds. The lowest BCUT2D eigenvalue weighted by atomic mass is 10.4. The largest absolute Gasteiger partial charge is 0.481 e. The Morgan fingerprint density at radius 2 is 2.16 bits per heavy atom. The summed E-state index contributed by atoms with van der Waals surface area (Å²) in [7, 11) is -3.89. The van der Waals surface area contributed by atoms with Gasteiger partial charge in [-0.1, -0.05) is 0 Å². The Balaban J connectivity index is 2.26. The van der Waals surface area contributed by atoms with Crippen LogP contribution in [0.1, 0.15) is 19.3 Å². The summed E-state index contributed by atoms with van der Waals surface area (Å²) in [6.45, 7) is -0.112. The molecule has 1 aliphatic carbocycles. The Labute approximate surface area is 109 Å². The van der Waals surface area contributed by atoms with Crippen LogP contribution in [0.2, 0.25) is 0 Å². The molecule has 2 rings (SSSR count). The first-order chi connectivity index (χ1) is 8.91. The Morgan fingerprint density at radius 1 is 1.47 bits per heavy atom. The minimum atomic E-state index is -3.89. The Bertz CT molecular complexity index is 586. The fourth-order valence-electron chi connectivity index (χ4n) is 1.74. The van der Waals surface area contributed by atoms with Gasteiger partial charge >= 0.3 is 5.97 Å². The number of carboxylic acid groups (broad SMARTS) is 1. The fraction of sp³-hybridized carbons (Fsp3) is 0.455. The van der Waals surface area contributed by atoms with E-state index in [1.54, 1.807) is 0 Å². The molecule has 1 saturated carbocycles. The number of sulfonamides is 1. The van der Waals surface area contributed by atoms with Gasteiger partial charge in [-0.3, -0.25) is 9.78 Å². The molecule has 0 unspecified atom stereocenters. The van der Waals surface area contributed by atoms with Crippen LogP contribution in [0.25, 0.3) is 0 Å². The molecule has 1 aliphatic rings. The summed E-state index contributed by atoms with van der Waals surface area (Å²) in [5.41, 5.74) is 0. The predicted octanol–water partition coefficient (Wildman–Crippen LogP) is 0.848. The Morgan fingerprint density at radius 3 is 2.68 bits per heavy atom. The maximum atomic E-state index is 13.1. The van der Waals surface area contributed by atoms with Crippen LogP contribution in [0.5, 0.6) is 0 Å². The van der Waals surface area contributed by atoms with Crippen molar-refractivity contribution in [2.24, 2.45) is 0 Å². The summed E-state index contributed by atoms with van der Waals surface area (Å²) < 4.78 is 38.8. The summed E-state index contributed by atoms with van der Waals surface area (Å²) >= 11 is 0. The van der Waals surface area contributed by atoms with Crippen molar-refractivity contribution in [1.82, 2.24) is 9.29 Å². The molecule has 1 aromatic heterocycles. The van der Waals surface area contributed by atoms with Gasteiger partial charge in [0.1, 0.15) is 10.7 Å². The molecule has 0 bridgehead atoms. The highest BCUT2D eigenvalue weighted by atomic mass is 32.2. The van der Waals surface area contributed by atoms with Crippen molar-refractivity contribution in [1.29, 1.82) is 0 Å². The average Bonchev–Trinajstić information content (AvgIpc) is 3.13. The number of hydrogen-bond donors (Lipinski definition) is 1. The molecule has 0 spiro atoms. The van der Waals surface area contributed by atoms with Crippen LogP contribution in [-0.4, -0.2) is 41.4 Å². The molecule has 8 heteroatoms. The standard InChI is InChI=1S/C11H13FN2O4S/c12-8-5-10(7-13-6-8)19(17,18)14(9-1-2-9)4-3-11(15)16/h5-7,9H,1-4H2,(H,15,16). The van der Waals surface area contributed by atoms with E-state index in [-0.39, 0.29) is 23.9 Å². The van der Waals surface area contributed by atoms with Gasteiger partial charge in [0.15, 0.2) is 0 Å². The molecule has 0 atom stereocenters. The first-order valence-corrected chi connectivity index (χ1v) is 7.19. The van der Waals surface area contributed by atoms with Crippen molar-refractivity contribution >= 4 is 16.0 Å². The van der Waals surface area contributed by atoms with Crippen LogP contribution < -0.4 is 0 Å². The van der Waals surface area contributed by atoms with Gasteiger partial charge in [0, 0.05) is 18.8 Å². The zero-order valence-electron chi connectivity index (χ0n) is 9.99. The van der Waals surface area contributed by atoms with E-state index in [2.05, 4.69) is 4.98 Å². The molecule has 0 aliphatic heterocycles. The van der Waals surface area contributed by atoms with Gasteiger partial charge in [-0.2, -0.15) is 4.31 Å². The van der Waals surface area contributed by atoms with Crippen molar-refractivity contribution in [3.63, 3.8) is 0 Å². The van der Waals surface area contributed by atoms with Crippen LogP contribution in [0, 0.1) is 5.82 Å². The monoisotopic (exact) mass is 288 g/mol. The molecule has 1 aromatic rings. The molecule has 104 valence electrons. The normalized spacial score (nSPS) is 15.7. The van der Waals surface area contributed by atoms with Gasteiger partial charge in [-0.15, -0.1) is 0 Å².